The molecular weight excluding hydrogens is 439 g/mol. The van der Waals surface area contributed by atoms with Crippen molar-refractivity contribution in [1.29, 1.82) is 0 Å². The second-order valence-corrected chi connectivity index (χ2v) is 7.53. The van der Waals surface area contributed by atoms with Gasteiger partial charge in [0.1, 0.15) is 0 Å². The summed E-state index contributed by atoms with van der Waals surface area (Å²) in [6.07, 6.45) is 0.698. The van der Waals surface area contributed by atoms with Crippen LogP contribution >= 0.6 is 24.0 Å². The minimum absolute atomic E-state index is 0. The lowest BCUT2D eigenvalue weighted by Gasteiger charge is -2.13. The fourth-order valence-electron chi connectivity index (χ4n) is 2.07. The van der Waals surface area contributed by atoms with Crippen LogP contribution in [0.2, 0.25) is 0 Å². The van der Waals surface area contributed by atoms with Crippen molar-refractivity contribution in [3.05, 3.63) is 34.9 Å². The molecule has 1 rings (SSSR count). The monoisotopic (exact) mass is 468 g/mol. The first-order valence-electron chi connectivity index (χ1n) is 7.86. The van der Waals surface area contributed by atoms with E-state index in [9.17, 15) is 8.42 Å². The number of benzene rings is 1. The van der Waals surface area contributed by atoms with Crippen LogP contribution in [-0.2, 0) is 16.6 Å². The lowest BCUT2D eigenvalue weighted by Crippen LogP contribution is -2.38. The molecule has 0 aromatic heterocycles. The Kier molecular flexibility index (Phi) is 11.2. The number of aliphatic imine (C=N–C) groups is 1. The number of nitrogens with one attached hydrogen (secondary N) is 3. The first-order valence-corrected chi connectivity index (χ1v) is 9.51. The van der Waals surface area contributed by atoms with Crippen LogP contribution in [0.25, 0.3) is 0 Å². The zero-order chi connectivity index (χ0) is 17.3. The molecule has 0 aliphatic carbocycles. The summed E-state index contributed by atoms with van der Waals surface area (Å²) in [6.45, 7) is 7.58. The first-order chi connectivity index (χ1) is 10.9. The second-order valence-electron chi connectivity index (χ2n) is 5.43. The average molecular weight is 468 g/mol. The Hall–Kier alpha value is -0.870. The van der Waals surface area contributed by atoms with Crippen molar-refractivity contribution in [2.75, 3.05) is 25.9 Å². The largest absolute Gasteiger partial charge is 0.356 e. The van der Waals surface area contributed by atoms with Crippen molar-refractivity contribution in [1.82, 2.24) is 15.4 Å². The number of guanidine groups is 1. The molecule has 0 aliphatic rings. The maximum Gasteiger partial charge on any atom is 0.211 e. The van der Waals surface area contributed by atoms with Crippen LogP contribution < -0.4 is 15.4 Å². The van der Waals surface area contributed by atoms with Crippen molar-refractivity contribution in [3.8, 4) is 0 Å². The highest BCUT2D eigenvalue weighted by atomic mass is 127. The highest BCUT2D eigenvalue weighted by Gasteiger charge is 2.05. The molecule has 138 valence electrons. The molecule has 0 saturated heterocycles. The number of halogens is 1. The van der Waals surface area contributed by atoms with Crippen LogP contribution in [0, 0.1) is 13.8 Å². The van der Waals surface area contributed by atoms with Crippen LogP contribution in [0.15, 0.2) is 23.2 Å². The van der Waals surface area contributed by atoms with Gasteiger partial charge in [0.05, 0.1) is 5.75 Å². The van der Waals surface area contributed by atoms with Crippen molar-refractivity contribution >= 4 is 40.0 Å². The number of hydrogen-bond acceptors (Lipinski definition) is 3. The van der Waals surface area contributed by atoms with Gasteiger partial charge in [0.15, 0.2) is 5.96 Å². The van der Waals surface area contributed by atoms with Crippen molar-refractivity contribution in [2.24, 2.45) is 4.99 Å². The second kappa shape index (κ2) is 11.6. The van der Waals surface area contributed by atoms with Gasteiger partial charge in [0.2, 0.25) is 10.0 Å². The van der Waals surface area contributed by atoms with Gasteiger partial charge in [-0.3, -0.25) is 4.99 Å². The summed E-state index contributed by atoms with van der Waals surface area (Å²) in [5, 5.41) is 6.44. The summed E-state index contributed by atoms with van der Waals surface area (Å²) in [4.78, 5) is 4.17. The van der Waals surface area contributed by atoms with Gasteiger partial charge in [0.25, 0.3) is 0 Å². The van der Waals surface area contributed by atoms with Crippen molar-refractivity contribution in [2.45, 2.75) is 33.7 Å². The Morgan fingerprint density at radius 2 is 1.88 bits per heavy atom. The summed E-state index contributed by atoms with van der Waals surface area (Å²) in [7, 11) is -1.38. The van der Waals surface area contributed by atoms with Gasteiger partial charge in [-0.2, -0.15) is 0 Å². The molecule has 0 atom stereocenters. The molecule has 0 saturated carbocycles. The van der Waals surface area contributed by atoms with E-state index >= 15 is 0 Å². The smallest absolute Gasteiger partial charge is 0.211 e. The van der Waals surface area contributed by atoms with E-state index in [1.807, 2.05) is 0 Å². The van der Waals surface area contributed by atoms with Gasteiger partial charge >= 0.3 is 0 Å². The van der Waals surface area contributed by atoms with E-state index in [4.69, 9.17) is 0 Å². The van der Waals surface area contributed by atoms with Gasteiger partial charge in [-0.05, 0) is 38.3 Å². The van der Waals surface area contributed by atoms with Gasteiger partial charge in [0, 0.05) is 26.7 Å². The summed E-state index contributed by atoms with van der Waals surface area (Å²) in [5.74, 6) is 0.822. The average Bonchev–Trinajstić information content (AvgIpc) is 2.51. The molecule has 1 aromatic carbocycles. The van der Waals surface area contributed by atoms with Gasteiger partial charge in [-0.25, -0.2) is 13.1 Å². The minimum Gasteiger partial charge on any atom is -0.356 e. The fourth-order valence-corrected chi connectivity index (χ4v) is 2.73. The standard InChI is InChI=1S/C16H28N4O2S.HI/c1-5-23(21,22)20-10-6-9-18-16(17-4)19-12-15-8-7-13(2)11-14(15)3;/h7-8,11,20H,5-6,9-10,12H2,1-4H3,(H2,17,18,19);1H. The summed E-state index contributed by atoms with van der Waals surface area (Å²) < 4.78 is 25.1. The lowest BCUT2D eigenvalue weighted by atomic mass is 10.1. The molecule has 3 N–H and O–H groups in total. The molecule has 0 fully saturated rings. The fraction of sp³-hybridized carbons (Fsp3) is 0.562. The van der Waals surface area contributed by atoms with Gasteiger partial charge in [-0.15, -0.1) is 24.0 Å². The van der Waals surface area contributed by atoms with Crippen molar-refractivity contribution in [3.63, 3.8) is 0 Å². The van der Waals surface area contributed by atoms with E-state index in [1.54, 1.807) is 14.0 Å². The van der Waals surface area contributed by atoms with Crippen LogP contribution in [0.3, 0.4) is 0 Å². The minimum atomic E-state index is -3.10. The summed E-state index contributed by atoms with van der Waals surface area (Å²) in [6, 6.07) is 6.37. The molecule has 6 nitrogen and oxygen atoms in total. The number of rotatable bonds is 8. The molecular formula is C16H29IN4O2S. The Balaban J connectivity index is 0.00000529. The van der Waals surface area contributed by atoms with Crippen molar-refractivity contribution < 1.29 is 8.42 Å². The third-order valence-corrected chi connectivity index (χ3v) is 4.92. The third kappa shape index (κ3) is 8.84. The topological polar surface area (TPSA) is 82.6 Å². The zero-order valence-corrected chi connectivity index (χ0v) is 18.0. The van der Waals surface area contributed by atoms with Gasteiger partial charge < -0.3 is 10.6 Å². The SMILES string of the molecule is CCS(=O)(=O)NCCCNC(=NC)NCc1ccc(C)cc1C.I. The molecule has 1 aromatic rings. The predicted molar refractivity (Wildman–Crippen MR) is 112 cm³/mol. The van der Waals surface area contributed by atoms with Gasteiger partial charge in [-0.1, -0.05) is 23.8 Å². The van der Waals surface area contributed by atoms with Crippen LogP contribution in [0.4, 0.5) is 0 Å². The third-order valence-electron chi connectivity index (χ3n) is 3.52. The summed E-state index contributed by atoms with van der Waals surface area (Å²) in [5.41, 5.74) is 3.74. The van der Waals surface area contributed by atoms with E-state index in [2.05, 4.69) is 52.4 Å². The van der Waals surface area contributed by atoms with Crippen LogP contribution in [0.5, 0.6) is 0 Å². The van der Waals surface area contributed by atoms with E-state index < -0.39 is 10.0 Å². The Morgan fingerprint density at radius 3 is 2.46 bits per heavy atom. The molecule has 8 heteroatoms. The van der Waals surface area contributed by atoms with E-state index in [-0.39, 0.29) is 29.7 Å². The molecule has 24 heavy (non-hydrogen) atoms. The molecule has 0 heterocycles. The Bertz CT molecular complexity index is 633. The quantitative estimate of drug-likeness (QED) is 0.236. The first kappa shape index (κ1) is 23.1. The number of nitrogens with zero attached hydrogens (tertiary/aromatic N) is 1. The summed E-state index contributed by atoms with van der Waals surface area (Å²) >= 11 is 0. The normalized spacial score (nSPS) is 11.8. The molecule has 0 amide bonds. The van der Waals surface area contributed by atoms with Crippen LogP contribution in [-0.4, -0.2) is 40.3 Å². The number of aryl methyl sites for hydroxylation is 2. The highest BCUT2D eigenvalue weighted by Crippen LogP contribution is 2.09. The van der Waals surface area contributed by atoms with Crippen LogP contribution in [0.1, 0.15) is 30.0 Å². The molecule has 0 aliphatic heterocycles. The number of sulfonamides is 1. The van der Waals surface area contributed by atoms with E-state index in [0.717, 1.165) is 0 Å². The zero-order valence-electron chi connectivity index (χ0n) is 14.8. The number of hydrogen-bond donors (Lipinski definition) is 3. The molecule has 0 radical (unpaired) electrons. The Labute approximate surface area is 163 Å². The highest BCUT2D eigenvalue weighted by molar-refractivity contribution is 14.0. The Morgan fingerprint density at radius 1 is 1.17 bits per heavy atom. The molecule has 0 bridgehead atoms. The lowest BCUT2D eigenvalue weighted by molar-refractivity contribution is 0.579. The van der Waals surface area contributed by atoms with E-state index in [1.165, 1.54) is 16.7 Å². The maximum absolute atomic E-state index is 11.3. The maximum atomic E-state index is 11.3. The molecule has 0 unspecified atom stereocenters. The molecule has 0 spiro atoms. The predicted octanol–water partition coefficient (Wildman–Crippen LogP) is 1.92. The van der Waals surface area contributed by atoms with E-state index in [0.29, 0.717) is 32.0 Å².